The molecular weight excluding hydrogens is 241 g/mol. The summed E-state index contributed by atoms with van der Waals surface area (Å²) in [6.07, 6.45) is 0. The van der Waals surface area contributed by atoms with Crippen molar-refractivity contribution in [3.63, 3.8) is 0 Å². The first-order valence-corrected chi connectivity index (χ1v) is 4.44. The van der Waals surface area contributed by atoms with E-state index in [0.29, 0.717) is 11.0 Å². The van der Waals surface area contributed by atoms with Gasteiger partial charge in [-0.25, -0.2) is 4.98 Å². The number of nitrogens with one attached hydrogen (secondary N) is 1. The van der Waals surface area contributed by atoms with Crippen molar-refractivity contribution in [1.29, 1.82) is 0 Å². The third kappa shape index (κ3) is 1.17. The molecule has 0 saturated carbocycles. The molecule has 0 aliphatic carbocycles. The maximum Gasteiger partial charge on any atom is 0.198 e. The van der Waals surface area contributed by atoms with Crippen molar-refractivity contribution in [1.82, 2.24) is 9.97 Å². The maximum atomic E-state index is 5.86. The molecule has 0 atom stereocenters. The number of aromatic amines is 1. The lowest BCUT2D eigenvalue weighted by molar-refractivity contribution is 1.35. The smallest absolute Gasteiger partial charge is 0.198 e. The van der Waals surface area contributed by atoms with Crippen LogP contribution in [0.4, 0.5) is 5.95 Å². The SMILES string of the molecule is Nc1nc2cc(Br)c(Cl)cc2[nH]1. The third-order valence-electron chi connectivity index (χ3n) is 1.54. The van der Waals surface area contributed by atoms with E-state index in [9.17, 15) is 0 Å². The zero-order valence-corrected chi connectivity index (χ0v) is 8.28. The number of aromatic nitrogens is 2. The van der Waals surface area contributed by atoms with Gasteiger partial charge in [0.05, 0.1) is 16.1 Å². The fourth-order valence-corrected chi connectivity index (χ4v) is 1.52. The zero-order valence-electron chi connectivity index (χ0n) is 5.94. The molecule has 0 fully saturated rings. The summed E-state index contributed by atoms with van der Waals surface area (Å²) in [5, 5.41) is 0.645. The number of H-pyrrole nitrogens is 1. The van der Waals surface area contributed by atoms with E-state index in [4.69, 9.17) is 17.3 Å². The average molecular weight is 246 g/mol. The highest BCUT2D eigenvalue weighted by molar-refractivity contribution is 9.10. The summed E-state index contributed by atoms with van der Waals surface area (Å²) in [6.45, 7) is 0. The lowest BCUT2D eigenvalue weighted by Gasteiger charge is -1.93. The van der Waals surface area contributed by atoms with Gasteiger partial charge in [0.15, 0.2) is 5.95 Å². The van der Waals surface area contributed by atoms with E-state index in [0.717, 1.165) is 15.5 Å². The molecule has 2 rings (SSSR count). The van der Waals surface area contributed by atoms with Crippen molar-refractivity contribution >= 4 is 44.5 Å². The lowest BCUT2D eigenvalue weighted by Crippen LogP contribution is -1.84. The van der Waals surface area contributed by atoms with Crippen LogP contribution in [0.25, 0.3) is 11.0 Å². The van der Waals surface area contributed by atoms with Gasteiger partial charge in [-0.2, -0.15) is 0 Å². The normalized spacial score (nSPS) is 10.8. The van der Waals surface area contributed by atoms with Crippen molar-refractivity contribution in [2.75, 3.05) is 5.73 Å². The minimum Gasteiger partial charge on any atom is -0.369 e. The molecule has 0 aliphatic heterocycles. The molecular formula is C7H5BrClN3. The molecule has 5 heteroatoms. The standard InChI is InChI=1S/C7H5BrClN3/c8-3-1-5-6(2-4(3)9)12-7(10)11-5/h1-2H,(H3,10,11,12). The predicted octanol–water partition coefficient (Wildman–Crippen LogP) is 2.56. The number of imidazole rings is 1. The van der Waals surface area contributed by atoms with Gasteiger partial charge >= 0.3 is 0 Å². The third-order valence-corrected chi connectivity index (χ3v) is 2.74. The molecule has 3 N–H and O–H groups in total. The number of benzene rings is 1. The molecule has 0 unspecified atom stereocenters. The summed E-state index contributed by atoms with van der Waals surface area (Å²) in [5.41, 5.74) is 7.12. The average Bonchev–Trinajstić information content (AvgIpc) is 2.30. The summed E-state index contributed by atoms with van der Waals surface area (Å²) in [5.74, 6) is 0.402. The van der Waals surface area contributed by atoms with Gasteiger partial charge in [-0.05, 0) is 28.1 Å². The first-order valence-electron chi connectivity index (χ1n) is 3.27. The van der Waals surface area contributed by atoms with Crippen LogP contribution in [0, 0.1) is 0 Å². The largest absolute Gasteiger partial charge is 0.369 e. The Labute approximate surface area is 82.1 Å². The van der Waals surface area contributed by atoms with Crippen LogP contribution in [0.5, 0.6) is 0 Å². The number of anilines is 1. The van der Waals surface area contributed by atoms with Crippen LogP contribution in [0.2, 0.25) is 5.02 Å². The Kier molecular flexibility index (Phi) is 1.73. The Bertz CT molecular complexity index is 398. The topological polar surface area (TPSA) is 54.7 Å². The molecule has 62 valence electrons. The van der Waals surface area contributed by atoms with Crippen LogP contribution in [0.15, 0.2) is 16.6 Å². The summed E-state index contributed by atoms with van der Waals surface area (Å²) < 4.78 is 0.822. The van der Waals surface area contributed by atoms with Crippen LogP contribution < -0.4 is 5.73 Å². The van der Waals surface area contributed by atoms with Crippen molar-refractivity contribution in [2.24, 2.45) is 0 Å². The lowest BCUT2D eigenvalue weighted by atomic mass is 10.3. The van der Waals surface area contributed by atoms with E-state index >= 15 is 0 Å². The van der Waals surface area contributed by atoms with E-state index in [1.807, 2.05) is 6.07 Å². The number of hydrogen-bond donors (Lipinski definition) is 2. The monoisotopic (exact) mass is 245 g/mol. The summed E-state index contributed by atoms with van der Waals surface area (Å²) in [4.78, 5) is 6.94. The second-order valence-electron chi connectivity index (χ2n) is 2.41. The number of halogens is 2. The molecule has 1 aromatic carbocycles. The van der Waals surface area contributed by atoms with Gasteiger partial charge in [0.25, 0.3) is 0 Å². The molecule has 0 spiro atoms. The van der Waals surface area contributed by atoms with Gasteiger partial charge in [0, 0.05) is 4.47 Å². The molecule has 0 bridgehead atoms. The number of rotatable bonds is 0. The molecule has 0 amide bonds. The first-order chi connectivity index (χ1) is 5.66. The van der Waals surface area contributed by atoms with Crippen molar-refractivity contribution < 1.29 is 0 Å². The van der Waals surface area contributed by atoms with E-state index < -0.39 is 0 Å². The quantitative estimate of drug-likeness (QED) is 0.750. The number of nitrogens with two attached hydrogens (primary N) is 1. The minimum absolute atomic E-state index is 0.402. The molecule has 2 aromatic rings. The number of hydrogen-bond acceptors (Lipinski definition) is 2. The highest BCUT2D eigenvalue weighted by atomic mass is 79.9. The Morgan fingerprint density at radius 1 is 1.50 bits per heavy atom. The minimum atomic E-state index is 0.402. The van der Waals surface area contributed by atoms with Crippen molar-refractivity contribution in [3.8, 4) is 0 Å². The van der Waals surface area contributed by atoms with Crippen LogP contribution in [0.3, 0.4) is 0 Å². The number of fused-ring (bicyclic) bond motifs is 1. The fourth-order valence-electron chi connectivity index (χ4n) is 1.02. The second-order valence-corrected chi connectivity index (χ2v) is 3.67. The van der Waals surface area contributed by atoms with Gasteiger partial charge < -0.3 is 10.7 Å². The van der Waals surface area contributed by atoms with Crippen LogP contribution in [-0.2, 0) is 0 Å². The predicted molar refractivity (Wildman–Crippen MR) is 53.2 cm³/mol. The molecule has 3 nitrogen and oxygen atoms in total. The van der Waals surface area contributed by atoms with Crippen molar-refractivity contribution in [3.05, 3.63) is 21.6 Å². The molecule has 0 radical (unpaired) electrons. The van der Waals surface area contributed by atoms with Crippen LogP contribution >= 0.6 is 27.5 Å². The Balaban J connectivity index is 2.83. The first kappa shape index (κ1) is 7.89. The maximum absolute atomic E-state index is 5.86. The summed E-state index contributed by atoms with van der Waals surface area (Å²) >= 11 is 9.16. The van der Waals surface area contributed by atoms with E-state index in [1.54, 1.807) is 6.07 Å². The summed E-state index contributed by atoms with van der Waals surface area (Å²) in [6, 6.07) is 3.61. The molecule has 12 heavy (non-hydrogen) atoms. The molecule has 1 heterocycles. The van der Waals surface area contributed by atoms with Crippen molar-refractivity contribution in [2.45, 2.75) is 0 Å². The van der Waals surface area contributed by atoms with Gasteiger partial charge in [-0.1, -0.05) is 11.6 Å². The second kappa shape index (κ2) is 2.64. The number of nitrogen functional groups attached to an aromatic ring is 1. The number of nitrogens with zero attached hydrogens (tertiary/aromatic N) is 1. The van der Waals surface area contributed by atoms with E-state index in [1.165, 1.54) is 0 Å². The van der Waals surface area contributed by atoms with Gasteiger partial charge in [0.1, 0.15) is 0 Å². The Morgan fingerprint density at radius 2 is 2.25 bits per heavy atom. The fraction of sp³-hybridized carbons (Fsp3) is 0. The van der Waals surface area contributed by atoms with Gasteiger partial charge in [-0.15, -0.1) is 0 Å². The highest BCUT2D eigenvalue weighted by Crippen LogP contribution is 2.27. The van der Waals surface area contributed by atoms with E-state index in [-0.39, 0.29) is 0 Å². The Morgan fingerprint density at radius 3 is 3.00 bits per heavy atom. The summed E-state index contributed by atoms with van der Waals surface area (Å²) in [7, 11) is 0. The van der Waals surface area contributed by atoms with Gasteiger partial charge in [-0.3, -0.25) is 0 Å². The van der Waals surface area contributed by atoms with Gasteiger partial charge in [0.2, 0.25) is 0 Å². The molecule has 0 saturated heterocycles. The van der Waals surface area contributed by atoms with Crippen LogP contribution in [0.1, 0.15) is 0 Å². The molecule has 1 aromatic heterocycles. The molecule has 0 aliphatic rings. The van der Waals surface area contributed by atoms with E-state index in [2.05, 4.69) is 25.9 Å². The zero-order chi connectivity index (χ0) is 8.72. The van der Waals surface area contributed by atoms with Crippen LogP contribution in [-0.4, -0.2) is 9.97 Å². The highest BCUT2D eigenvalue weighted by Gasteiger charge is 2.03. The Hall–Kier alpha value is -0.740.